The van der Waals surface area contributed by atoms with Crippen LogP contribution < -0.4 is 0 Å². The van der Waals surface area contributed by atoms with Crippen molar-refractivity contribution in [3.63, 3.8) is 0 Å². The quantitative estimate of drug-likeness (QED) is 0.366. The molecule has 20 heavy (non-hydrogen) atoms. The number of rotatable bonds is 7. The predicted molar refractivity (Wildman–Crippen MR) is 93.8 cm³/mol. The molecule has 0 aromatic carbocycles. The smallest absolute Gasteiger partial charge is 0.0111 e. The van der Waals surface area contributed by atoms with Crippen molar-refractivity contribution in [1.29, 1.82) is 0 Å². The van der Waals surface area contributed by atoms with Crippen LogP contribution in [0.4, 0.5) is 0 Å². The Morgan fingerprint density at radius 3 is 1.90 bits per heavy atom. The van der Waals surface area contributed by atoms with E-state index in [2.05, 4.69) is 60.1 Å². The second kappa shape index (κ2) is 8.37. The van der Waals surface area contributed by atoms with Gasteiger partial charge in [0.2, 0.25) is 0 Å². The fourth-order valence-corrected chi connectivity index (χ4v) is 1.96. The average molecular weight is 268 g/mol. The second-order valence-electron chi connectivity index (χ2n) is 5.50. The Labute approximate surface area is 125 Å². The SMILES string of the molecule is C=C/C=C(/C(=C)C)C(=C)/C(C)=C\C(C)=C(\C)CC(=C)C. The summed E-state index contributed by atoms with van der Waals surface area (Å²) in [6.45, 7) is 26.3. The third-order valence-corrected chi connectivity index (χ3v) is 3.22. The molecule has 0 spiro atoms. The highest BCUT2D eigenvalue weighted by atomic mass is 14.1. The summed E-state index contributed by atoms with van der Waals surface area (Å²) in [5.41, 5.74) is 8.00. The van der Waals surface area contributed by atoms with E-state index in [4.69, 9.17) is 0 Å². The molecule has 0 aliphatic rings. The van der Waals surface area contributed by atoms with E-state index in [1.54, 1.807) is 6.08 Å². The Kier molecular flexibility index (Phi) is 7.61. The van der Waals surface area contributed by atoms with Crippen LogP contribution in [0.3, 0.4) is 0 Å². The monoisotopic (exact) mass is 268 g/mol. The lowest BCUT2D eigenvalue weighted by atomic mass is 9.93. The summed E-state index contributed by atoms with van der Waals surface area (Å²) in [6, 6.07) is 0. The van der Waals surface area contributed by atoms with Crippen LogP contribution in [0, 0.1) is 0 Å². The molecule has 0 rings (SSSR count). The van der Waals surface area contributed by atoms with Crippen LogP contribution in [0.2, 0.25) is 0 Å². The zero-order chi connectivity index (χ0) is 15.9. The molecule has 0 amide bonds. The van der Waals surface area contributed by atoms with E-state index in [-0.39, 0.29) is 0 Å². The van der Waals surface area contributed by atoms with Gasteiger partial charge in [-0.25, -0.2) is 0 Å². The maximum absolute atomic E-state index is 4.18. The van der Waals surface area contributed by atoms with Gasteiger partial charge >= 0.3 is 0 Å². The van der Waals surface area contributed by atoms with Crippen molar-refractivity contribution in [3.8, 4) is 0 Å². The molecule has 0 N–H and O–H groups in total. The van der Waals surface area contributed by atoms with Crippen molar-refractivity contribution < 1.29 is 0 Å². The molecule has 0 heteroatoms. The number of hydrogen-bond acceptors (Lipinski definition) is 0. The first-order chi connectivity index (χ1) is 9.20. The first-order valence-corrected chi connectivity index (χ1v) is 6.88. The van der Waals surface area contributed by atoms with Gasteiger partial charge in [0, 0.05) is 0 Å². The van der Waals surface area contributed by atoms with Crippen LogP contribution in [-0.4, -0.2) is 0 Å². The van der Waals surface area contributed by atoms with Gasteiger partial charge in [-0.05, 0) is 57.8 Å². The molecular formula is C20H28. The molecule has 0 bridgehead atoms. The zero-order valence-corrected chi connectivity index (χ0v) is 13.8. The van der Waals surface area contributed by atoms with Gasteiger partial charge in [-0.15, -0.1) is 0 Å². The van der Waals surface area contributed by atoms with Gasteiger partial charge in [0.1, 0.15) is 0 Å². The Hall–Kier alpha value is -1.82. The van der Waals surface area contributed by atoms with Gasteiger partial charge in [0.25, 0.3) is 0 Å². The molecule has 0 heterocycles. The van der Waals surface area contributed by atoms with Crippen molar-refractivity contribution in [2.45, 2.75) is 41.0 Å². The lowest BCUT2D eigenvalue weighted by molar-refractivity contribution is 1.08. The molecule has 0 radical (unpaired) electrons. The standard InChI is InChI=1S/C20H28/c1-10-11-20(15(4)5)19(9)18(8)13-17(7)16(6)12-14(2)3/h10-11,13H,1-2,4,9,12H2,3,5-8H3/b17-16-,18-13-,20-11-. The van der Waals surface area contributed by atoms with Gasteiger partial charge in [-0.1, -0.05) is 66.8 Å². The molecule has 0 unspecified atom stereocenters. The summed E-state index contributed by atoms with van der Waals surface area (Å²) < 4.78 is 0. The highest BCUT2D eigenvalue weighted by Gasteiger charge is 2.06. The molecular weight excluding hydrogens is 240 g/mol. The second-order valence-corrected chi connectivity index (χ2v) is 5.50. The first kappa shape index (κ1) is 18.2. The van der Waals surface area contributed by atoms with Gasteiger partial charge in [-0.2, -0.15) is 0 Å². The maximum atomic E-state index is 4.18. The molecule has 108 valence electrons. The van der Waals surface area contributed by atoms with Crippen LogP contribution in [0.1, 0.15) is 41.0 Å². The fraction of sp³-hybridized carbons (Fsp3) is 0.300. The van der Waals surface area contributed by atoms with Crippen LogP contribution >= 0.6 is 0 Å². The van der Waals surface area contributed by atoms with Crippen LogP contribution in [0.25, 0.3) is 0 Å². The third-order valence-electron chi connectivity index (χ3n) is 3.22. The zero-order valence-electron chi connectivity index (χ0n) is 13.8. The lowest BCUT2D eigenvalue weighted by Crippen LogP contribution is -1.93. The third kappa shape index (κ3) is 5.88. The van der Waals surface area contributed by atoms with E-state index in [0.29, 0.717) is 0 Å². The van der Waals surface area contributed by atoms with E-state index in [1.807, 2.05) is 13.0 Å². The van der Waals surface area contributed by atoms with Gasteiger partial charge < -0.3 is 0 Å². The minimum Gasteiger partial charge on any atom is -0.0998 e. The maximum Gasteiger partial charge on any atom is -0.0111 e. The molecule has 0 saturated heterocycles. The first-order valence-electron chi connectivity index (χ1n) is 6.88. The van der Waals surface area contributed by atoms with Crippen LogP contribution in [0.5, 0.6) is 0 Å². The Morgan fingerprint density at radius 1 is 0.950 bits per heavy atom. The number of allylic oxidation sites excluding steroid dienone is 10. The van der Waals surface area contributed by atoms with Gasteiger partial charge in [-0.3, -0.25) is 0 Å². The molecule has 0 aliphatic heterocycles. The molecule has 0 nitrogen and oxygen atoms in total. The Bertz CT molecular complexity index is 516. The fourth-order valence-electron chi connectivity index (χ4n) is 1.96. The average Bonchev–Trinajstić information content (AvgIpc) is 2.33. The summed E-state index contributed by atoms with van der Waals surface area (Å²) in [5.74, 6) is 0. The minimum absolute atomic E-state index is 0.942. The summed E-state index contributed by atoms with van der Waals surface area (Å²) in [6.07, 6.45) is 6.86. The summed E-state index contributed by atoms with van der Waals surface area (Å²) in [5, 5.41) is 0. The normalized spacial score (nSPS) is 13.7. The summed E-state index contributed by atoms with van der Waals surface area (Å²) in [4.78, 5) is 0. The number of hydrogen-bond donors (Lipinski definition) is 0. The van der Waals surface area contributed by atoms with E-state index in [0.717, 1.165) is 28.7 Å². The lowest BCUT2D eigenvalue weighted by Gasteiger charge is -2.12. The van der Waals surface area contributed by atoms with E-state index >= 15 is 0 Å². The van der Waals surface area contributed by atoms with Gasteiger partial charge in [0.05, 0.1) is 0 Å². The predicted octanol–water partition coefficient (Wildman–Crippen LogP) is 6.48. The largest absolute Gasteiger partial charge is 0.0998 e. The van der Waals surface area contributed by atoms with Crippen LogP contribution in [-0.2, 0) is 0 Å². The molecule has 0 aromatic rings. The van der Waals surface area contributed by atoms with Crippen molar-refractivity contribution in [1.82, 2.24) is 0 Å². The Balaban J connectivity index is 5.39. The summed E-state index contributed by atoms with van der Waals surface area (Å²) >= 11 is 0. The van der Waals surface area contributed by atoms with E-state index in [9.17, 15) is 0 Å². The summed E-state index contributed by atoms with van der Waals surface area (Å²) in [7, 11) is 0. The molecule has 0 atom stereocenters. The molecule has 0 aliphatic carbocycles. The minimum atomic E-state index is 0.942. The van der Waals surface area contributed by atoms with Crippen molar-refractivity contribution >= 4 is 0 Å². The van der Waals surface area contributed by atoms with Crippen LogP contribution in [0.15, 0.2) is 83.6 Å². The highest BCUT2D eigenvalue weighted by molar-refractivity contribution is 5.55. The van der Waals surface area contributed by atoms with Crippen molar-refractivity contribution in [3.05, 3.63) is 83.6 Å². The Morgan fingerprint density at radius 2 is 1.50 bits per heavy atom. The molecule has 0 aromatic heterocycles. The van der Waals surface area contributed by atoms with Crippen molar-refractivity contribution in [2.75, 3.05) is 0 Å². The van der Waals surface area contributed by atoms with E-state index < -0.39 is 0 Å². The molecule has 0 saturated carbocycles. The van der Waals surface area contributed by atoms with Gasteiger partial charge in [0.15, 0.2) is 0 Å². The van der Waals surface area contributed by atoms with Crippen molar-refractivity contribution in [2.24, 2.45) is 0 Å². The van der Waals surface area contributed by atoms with E-state index in [1.165, 1.54) is 16.7 Å². The molecule has 0 fully saturated rings. The topological polar surface area (TPSA) is 0 Å². The highest BCUT2D eigenvalue weighted by Crippen LogP contribution is 2.25.